The number of aliphatic carboxylic acids is 1. The highest BCUT2D eigenvalue weighted by Gasteiger charge is 2.27. The summed E-state index contributed by atoms with van der Waals surface area (Å²) in [5.74, 6) is -6.91. The van der Waals surface area contributed by atoms with Gasteiger partial charge < -0.3 is 53.6 Å². The highest BCUT2D eigenvalue weighted by molar-refractivity contribution is 5.95. The summed E-state index contributed by atoms with van der Waals surface area (Å²) in [5.41, 5.74) is 10.8. The van der Waals surface area contributed by atoms with Gasteiger partial charge in [-0.25, -0.2) is 0 Å². The standard InChI is InChI=1S/C23H40N8O10/c1-11(2)6-13(24)21(39)26-8-18(35)30-15(10-32)23(41)31-14(4-5-16(25)33)22(40)27-7-17(34)29-12(3)20(38)28-9-19(36)37/h11-15,32H,4-10,24H2,1-3H3,(H2,25,33)(H,26,39)(H,27,40)(H,28,38)(H,29,34)(H,30,35)(H,31,41)(H,36,37)/t12-,13-,14-,15-/m0/s1. The van der Waals surface area contributed by atoms with Crippen LogP contribution < -0.4 is 43.4 Å². The fraction of sp³-hybridized carbons (Fsp3) is 0.652. The predicted octanol–water partition coefficient (Wildman–Crippen LogP) is -5.47. The van der Waals surface area contributed by atoms with Crippen molar-refractivity contribution >= 4 is 47.3 Å². The zero-order valence-electron chi connectivity index (χ0n) is 23.2. The highest BCUT2D eigenvalue weighted by atomic mass is 16.4. The van der Waals surface area contributed by atoms with Crippen LogP contribution in [0.25, 0.3) is 0 Å². The van der Waals surface area contributed by atoms with Gasteiger partial charge in [0.05, 0.1) is 25.7 Å². The average Bonchev–Trinajstić information content (AvgIpc) is 2.88. The molecule has 0 aliphatic heterocycles. The van der Waals surface area contributed by atoms with E-state index in [1.807, 2.05) is 13.8 Å². The van der Waals surface area contributed by atoms with Gasteiger partial charge in [-0.3, -0.25) is 38.4 Å². The number of aliphatic hydroxyl groups excluding tert-OH is 1. The Kier molecular flexibility index (Phi) is 16.9. The number of carboxylic acids is 1. The molecule has 0 fully saturated rings. The van der Waals surface area contributed by atoms with Gasteiger partial charge in [0.15, 0.2) is 0 Å². The van der Waals surface area contributed by atoms with Crippen LogP contribution >= 0.6 is 0 Å². The number of carbonyl (C=O) groups excluding carboxylic acids is 7. The maximum Gasteiger partial charge on any atom is 0.322 e. The van der Waals surface area contributed by atoms with Crippen molar-refractivity contribution in [2.24, 2.45) is 17.4 Å². The van der Waals surface area contributed by atoms with E-state index in [0.29, 0.717) is 6.42 Å². The van der Waals surface area contributed by atoms with Crippen molar-refractivity contribution in [2.45, 2.75) is 64.2 Å². The Balaban J connectivity index is 5.05. The molecule has 0 spiro atoms. The molecule has 0 rings (SSSR count). The molecule has 0 aliphatic rings. The lowest BCUT2D eigenvalue weighted by Gasteiger charge is -2.22. The number of nitrogens with two attached hydrogens (primary N) is 2. The molecule has 18 nitrogen and oxygen atoms in total. The number of hydrogen-bond donors (Lipinski definition) is 10. The van der Waals surface area contributed by atoms with Crippen molar-refractivity contribution in [1.29, 1.82) is 0 Å². The minimum atomic E-state index is -1.54. The van der Waals surface area contributed by atoms with Crippen molar-refractivity contribution in [3.63, 3.8) is 0 Å². The summed E-state index contributed by atoms with van der Waals surface area (Å²) in [5, 5.41) is 31.4. The van der Waals surface area contributed by atoms with Gasteiger partial charge in [-0.05, 0) is 25.7 Å². The molecule has 232 valence electrons. The molecule has 0 bridgehead atoms. The van der Waals surface area contributed by atoms with Crippen LogP contribution in [0.2, 0.25) is 0 Å². The second-order valence-electron chi connectivity index (χ2n) is 9.44. The van der Waals surface area contributed by atoms with E-state index >= 15 is 0 Å². The van der Waals surface area contributed by atoms with E-state index in [1.165, 1.54) is 6.92 Å². The topological polar surface area (TPSA) is 301 Å². The second kappa shape index (κ2) is 18.9. The van der Waals surface area contributed by atoms with Crippen LogP contribution in [0, 0.1) is 5.92 Å². The van der Waals surface area contributed by atoms with Gasteiger partial charge in [0.1, 0.15) is 24.7 Å². The Morgan fingerprint density at radius 3 is 1.76 bits per heavy atom. The third-order valence-electron chi connectivity index (χ3n) is 5.24. The molecule has 0 radical (unpaired) electrons. The van der Waals surface area contributed by atoms with E-state index < -0.39 is 97.7 Å². The van der Waals surface area contributed by atoms with Crippen LogP contribution in [0.15, 0.2) is 0 Å². The number of nitrogens with one attached hydrogen (secondary N) is 6. The van der Waals surface area contributed by atoms with E-state index in [4.69, 9.17) is 16.6 Å². The number of carbonyl (C=O) groups is 8. The first-order valence-corrected chi connectivity index (χ1v) is 12.7. The van der Waals surface area contributed by atoms with Gasteiger partial charge in [0, 0.05) is 6.42 Å². The van der Waals surface area contributed by atoms with E-state index in [0.717, 1.165) is 0 Å². The Labute approximate surface area is 236 Å². The fourth-order valence-corrected chi connectivity index (χ4v) is 3.15. The SMILES string of the molecule is CC(C)C[C@H](N)C(=O)NCC(=O)N[C@@H](CO)C(=O)N[C@@H](CCC(N)=O)C(=O)NCC(=O)N[C@@H](C)C(=O)NCC(=O)O. The molecule has 18 heteroatoms. The van der Waals surface area contributed by atoms with Crippen LogP contribution in [0.1, 0.15) is 40.0 Å². The molecule has 0 aromatic rings. The molecular weight excluding hydrogens is 548 g/mol. The first-order chi connectivity index (χ1) is 19.1. The molecule has 12 N–H and O–H groups in total. The van der Waals surface area contributed by atoms with Gasteiger partial charge >= 0.3 is 5.97 Å². The van der Waals surface area contributed by atoms with Crippen LogP contribution in [0.3, 0.4) is 0 Å². The summed E-state index contributed by atoms with van der Waals surface area (Å²) < 4.78 is 0. The predicted molar refractivity (Wildman–Crippen MR) is 141 cm³/mol. The van der Waals surface area contributed by atoms with Crippen molar-refractivity contribution in [3.05, 3.63) is 0 Å². The Morgan fingerprint density at radius 2 is 1.24 bits per heavy atom. The lowest BCUT2D eigenvalue weighted by Crippen LogP contribution is -2.57. The summed E-state index contributed by atoms with van der Waals surface area (Å²) in [6.45, 7) is 2.27. The van der Waals surface area contributed by atoms with Crippen LogP contribution in [-0.4, -0.2) is 108 Å². The molecular formula is C23H40N8O10. The number of aliphatic hydroxyl groups is 1. The summed E-state index contributed by atoms with van der Waals surface area (Å²) >= 11 is 0. The Morgan fingerprint density at radius 1 is 0.707 bits per heavy atom. The smallest absolute Gasteiger partial charge is 0.322 e. The summed E-state index contributed by atoms with van der Waals surface area (Å²) in [6, 6.07) is -4.93. The molecule has 41 heavy (non-hydrogen) atoms. The molecule has 0 unspecified atom stereocenters. The average molecular weight is 589 g/mol. The molecule has 0 saturated heterocycles. The lowest BCUT2D eigenvalue weighted by molar-refractivity contribution is -0.138. The summed E-state index contributed by atoms with van der Waals surface area (Å²) in [7, 11) is 0. The van der Waals surface area contributed by atoms with E-state index in [1.54, 1.807) is 0 Å². The first-order valence-electron chi connectivity index (χ1n) is 12.7. The maximum absolute atomic E-state index is 12.7. The van der Waals surface area contributed by atoms with Gasteiger partial charge in [-0.1, -0.05) is 13.8 Å². The van der Waals surface area contributed by atoms with Gasteiger partial charge in [-0.15, -0.1) is 0 Å². The fourth-order valence-electron chi connectivity index (χ4n) is 3.15. The number of rotatable bonds is 19. The van der Waals surface area contributed by atoms with Crippen molar-refractivity contribution in [2.75, 3.05) is 26.2 Å². The highest BCUT2D eigenvalue weighted by Crippen LogP contribution is 2.02. The Bertz CT molecular complexity index is 974. The molecule has 7 amide bonds. The zero-order valence-corrected chi connectivity index (χ0v) is 23.2. The molecule has 0 heterocycles. The van der Waals surface area contributed by atoms with Gasteiger partial charge in [0.2, 0.25) is 41.4 Å². The van der Waals surface area contributed by atoms with Crippen LogP contribution in [-0.2, 0) is 38.4 Å². The van der Waals surface area contributed by atoms with Gasteiger partial charge in [0.25, 0.3) is 0 Å². The summed E-state index contributed by atoms with van der Waals surface area (Å²) in [6.07, 6.45) is -0.255. The second-order valence-corrected chi connectivity index (χ2v) is 9.44. The summed E-state index contributed by atoms with van der Waals surface area (Å²) in [4.78, 5) is 95.0. The van der Waals surface area contributed by atoms with Gasteiger partial charge in [-0.2, -0.15) is 0 Å². The number of amides is 7. The van der Waals surface area contributed by atoms with Crippen molar-refractivity contribution < 1.29 is 48.6 Å². The number of hydrogen-bond acceptors (Lipinski definition) is 10. The third kappa shape index (κ3) is 16.4. The largest absolute Gasteiger partial charge is 0.480 e. The van der Waals surface area contributed by atoms with E-state index in [2.05, 4.69) is 31.9 Å². The minimum Gasteiger partial charge on any atom is -0.480 e. The molecule has 0 aliphatic carbocycles. The molecule has 0 aromatic heterocycles. The van der Waals surface area contributed by atoms with E-state index in [9.17, 15) is 43.5 Å². The Hall–Kier alpha value is -4.32. The number of carboxylic acid groups (broad SMARTS) is 1. The third-order valence-corrected chi connectivity index (χ3v) is 5.24. The quantitative estimate of drug-likeness (QED) is 0.0678. The van der Waals surface area contributed by atoms with Crippen LogP contribution in [0.4, 0.5) is 0 Å². The van der Waals surface area contributed by atoms with Crippen LogP contribution in [0.5, 0.6) is 0 Å². The van der Waals surface area contributed by atoms with Crippen molar-refractivity contribution in [3.8, 4) is 0 Å². The maximum atomic E-state index is 12.7. The monoisotopic (exact) mass is 588 g/mol. The molecule has 0 aromatic carbocycles. The normalized spacial score (nSPS) is 13.5. The van der Waals surface area contributed by atoms with Crippen molar-refractivity contribution in [1.82, 2.24) is 31.9 Å². The molecule has 4 atom stereocenters. The lowest BCUT2D eigenvalue weighted by atomic mass is 10.0. The zero-order chi connectivity index (χ0) is 31.7. The number of primary amides is 1. The first kappa shape index (κ1) is 36.7. The van der Waals surface area contributed by atoms with E-state index in [-0.39, 0.29) is 18.8 Å². The molecule has 0 saturated carbocycles. The minimum absolute atomic E-state index is 0.140.